The Bertz CT molecular complexity index is 422. The van der Waals surface area contributed by atoms with E-state index in [0.717, 1.165) is 5.69 Å². The Morgan fingerprint density at radius 1 is 1.33 bits per heavy atom. The zero-order valence-electron chi connectivity index (χ0n) is 8.60. The molecule has 78 valence electrons. The van der Waals surface area contributed by atoms with Gasteiger partial charge in [-0.3, -0.25) is 0 Å². The molecule has 1 aromatic carbocycles. The summed E-state index contributed by atoms with van der Waals surface area (Å²) in [6.07, 6.45) is 3.64. The fraction of sp³-hybridized carbons (Fsp3) is 0.250. The minimum Gasteiger partial charge on any atom is -0.326 e. The molecule has 1 aromatic heterocycles. The lowest BCUT2D eigenvalue weighted by atomic mass is 10.1. The molecule has 0 saturated carbocycles. The summed E-state index contributed by atoms with van der Waals surface area (Å²) in [6, 6.07) is 10.6. The van der Waals surface area contributed by atoms with Crippen molar-refractivity contribution in [1.29, 1.82) is 0 Å². The van der Waals surface area contributed by atoms with Gasteiger partial charge in [-0.25, -0.2) is 4.98 Å². The number of benzene rings is 1. The summed E-state index contributed by atoms with van der Waals surface area (Å²) in [7, 11) is 0. The van der Waals surface area contributed by atoms with Crippen LogP contribution in [0.3, 0.4) is 0 Å². The van der Waals surface area contributed by atoms with Crippen LogP contribution in [0.4, 0.5) is 0 Å². The Morgan fingerprint density at radius 2 is 2.07 bits per heavy atom. The summed E-state index contributed by atoms with van der Waals surface area (Å²) in [5.41, 5.74) is 2.31. The van der Waals surface area contributed by atoms with Crippen molar-refractivity contribution in [3.63, 3.8) is 0 Å². The van der Waals surface area contributed by atoms with Crippen LogP contribution in [0.25, 0.3) is 0 Å². The first-order valence-electron chi connectivity index (χ1n) is 4.94. The van der Waals surface area contributed by atoms with Crippen LogP contribution in [0.1, 0.15) is 24.2 Å². The molecule has 3 heteroatoms. The molecule has 0 aliphatic carbocycles. The molecule has 15 heavy (non-hydrogen) atoms. The van der Waals surface area contributed by atoms with E-state index in [1.807, 2.05) is 30.7 Å². The predicted molar refractivity (Wildman–Crippen MR) is 62.0 cm³/mol. The summed E-state index contributed by atoms with van der Waals surface area (Å²) in [6.45, 7) is 2.15. The molecule has 0 spiro atoms. The number of rotatable bonds is 3. The number of hydrogen-bond acceptors (Lipinski definition) is 1. The van der Waals surface area contributed by atoms with E-state index in [1.54, 1.807) is 0 Å². The van der Waals surface area contributed by atoms with Crippen LogP contribution in [-0.4, -0.2) is 9.55 Å². The lowest BCUT2D eigenvalue weighted by Gasteiger charge is -2.15. The molecule has 2 rings (SSSR count). The van der Waals surface area contributed by atoms with Crippen LogP contribution in [0.5, 0.6) is 0 Å². The van der Waals surface area contributed by atoms with Crippen LogP contribution in [0, 0.1) is 0 Å². The fourth-order valence-corrected chi connectivity index (χ4v) is 1.88. The Hall–Kier alpha value is -1.28. The molecule has 0 N–H and O–H groups in total. The topological polar surface area (TPSA) is 17.8 Å². The largest absolute Gasteiger partial charge is 0.326 e. The SMILES string of the molecule is C[C@H](c1ccccc1)n1cncc1CCl. The average Bonchev–Trinajstić information content (AvgIpc) is 2.77. The first-order valence-corrected chi connectivity index (χ1v) is 5.48. The van der Waals surface area contributed by atoms with E-state index in [2.05, 4.69) is 28.6 Å². The number of imidazole rings is 1. The summed E-state index contributed by atoms with van der Waals surface area (Å²) in [5.74, 6) is 0.497. The Labute approximate surface area is 94.5 Å². The normalized spacial score (nSPS) is 12.7. The van der Waals surface area contributed by atoms with Crippen molar-refractivity contribution in [3.05, 3.63) is 54.1 Å². The summed E-state index contributed by atoms with van der Waals surface area (Å²) < 4.78 is 2.10. The molecule has 0 aliphatic rings. The summed E-state index contributed by atoms with van der Waals surface area (Å²) in [4.78, 5) is 4.12. The maximum absolute atomic E-state index is 5.84. The second kappa shape index (κ2) is 4.49. The van der Waals surface area contributed by atoms with E-state index in [4.69, 9.17) is 11.6 Å². The molecule has 0 fully saturated rings. The van der Waals surface area contributed by atoms with E-state index in [9.17, 15) is 0 Å². The minimum atomic E-state index is 0.280. The third-order valence-corrected chi connectivity index (χ3v) is 2.86. The number of hydrogen-bond donors (Lipinski definition) is 0. The minimum absolute atomic E-state index is 0.280. The molecule has 0 radical (unpaired) electrons. The lowest BCUT2D eigenvalue weighted by molar-refractivity contribution is 0.620. The van der Waals surface area contributed by atoms with Gasteiger partial charge >= 0.3 is 0 Å². The quantitative estimate of drug-likeness (QED) is 0.727. The van der Waals surface area contributed by atoms with Gasteiger partial charge < -0.3 is 4.57 Å². The highest BCUT2D eigenvalue weighted by molar-refractivity contribution is 6.16. The van der Waals surface area contributed by atoms with Gasteiger partial charge in [-0.05, 0) is 12.5 Å². The fourth-order valence-electron chi connectivity index (χ4n) is 1.68. The number of nitrogens with zero attached hydrogens (tertiary/aromatic N) is 2. The molecule has 0 saturated heterocycles. The predicted octanol–water partition coefficient (Wildman–Crippen LogP) is 3.23. The van der Waals surface area contributed by atoms with Gasteiger partial charge in [0, 0.05) is 6.20 Å². The Kier molecular flexibility index (Phi) is 3.07. The van der Waals surface area contributed by atoms with Gasteiger partial charge in [-0.1, -0.05) is 30.3 Å². The highest BCUT2D eigenvalue weighted by Crippen LogP contribution is 2.19. The lowest BCUT2D eigenvalue weighted by Crippen LogP contribution is -2.07. The van der Waals surface area contributed by atoms with Crippen LogP contribution in [-0.2, 0) is 5.88 Å². The highest BCUT2D eigenvalue weighted by Gasteiger charge is 2.09. The Balaban J connectivity index is 2.32. The van der Waals surface area contributed by atoms with Gasteiger partial charge in [0.25, 0.3) is 0 Å². The van der Waals surface area contributed by atoms with Gasteiger partial charge in [-0.2, -0.15) is 0 Å². The number of alkyl halides is 1. The summed E-state index contributed by atoms with van der Waals surface area (Å²) >= 11 is 5.84. The first-order chi connectivity index (χ1) is 7.33. The average molecular weight is 221 g/mol. The van der Waals surface area contributed by atoms with Crippen molar-refractivity contribution >= 4 is 11.6 Å². The first kappa shape index (κ1) is 10.2. The van der Waals surface area contributed by atoms with Crippen LogP contribution in [0.15, 0.2) is 42.9 Å². The molecule has 0 unspecified atom stereocenters. The molecular formula is C12H13ClN2. The number of halogens is 1. The monoisotopic (exact) mass is 220 g/mol. The van der Waals surface area contributed by atoms with Gasteiger partial charge in [0.1, 0.15) is 0 Å². The maximum atomic E-state index is 5.84. The third-order valence-electron chi connectivity index (χ3n) is 2.58. The molecule has 0 bridgehead atoms. The van der Waals surface area contributed by atoms with Crippen molar-refractivity contribution < 1.29 is 0 Å². The highest BCUT2D eigenvalue weighted by atomic mass is 35.5. The van der Waals surface area contributed by atoms with Crippen molar-refractivity contribution in [2.45, 2.75) is 18.8 Å². The standard InChI is InChI=1S/C12H13ClN2/c1-10(11-5-3-2-4-6-11)15-9-14-8-12(15)7-13/h2-6,8-10H,7H2,1H3/t10-/m1/s1. The van der Waals surface area contributed by atoms with Crippen molar-refractivity contribution in [1.82, 2.24) is 9.55 Å². The van der Waals surface area contributed by atoms with E-state index in [-0.39, 0.29) is 6.04 Å². The molecule has 1 atom stereocenters. The van der Waals surface area contributed by atoms with E-state index >= 15 is 0 Å². The van der Waals surface area contributed by atoms with E-state index in [1.165, 1.54) is 5.56 Å². The van der Waals surface area contributed by atoms with Crippen LogP contribution in [0.2, 0.25) is 0 Å². The third kappa shape index (κ3) is 2.05. The van der Waals surface area contributed by atoms with E-state index < -0.39 is 0 Å². The zero-order valence-corrected chi connectivity index (χ0v) is 9.35. The Morgan fingerprint density at radius 3 is 2.73 bits per heavy atom. The molecular weight excluding hydrogens is 208 g/mol. The van der Waals surface area contributed by atoms with Gasteiger partial charge in [0.15, 0.2) is 0 Å². The van der Waals surface area contributed by atoms with Crippen molar-refractivity contribution in [3.8, 4) is 0 Å². The van der Waals surface area contributed by atoms with Gasteiger partial charge in [-0.15, -0.1) is 11.6 Å². The van der Waals surface area contributed by atoms with Crippen molar-refractivity contribution in [2.24, 2.45) is 0 Å². The molecule has 0 aliphatic heterocycles. The van der Waals surface area contributed by atoms with E-state index in [0.29, 0.717) is 5.88 Å². The van der Waals surface area contributed by atoms with Gasteiger partial charge in [0.2, 0.25) is 0 Å². The molecule has 1 heterocycles. The smallest absolute Gasteiger partial charge is 0.0954 e. The second-order valence-electron chi connectivity index (χ2n) is 3.51. The zero-order chi connectivity index (χ0) is 10.7. The van der Waals surface area contributed by atoms with Crippen LogP contribution >= 0.6 is 11.6 Å². The van der Waals surface area contributed by atoms with Crippen LogP contribution < -0.4 is 0 Å². The molecule has 2 nitrogen and oxygen atoms in total. The molecule has 0 amide bonds. The second-order valence-corrected chi connectivity index (χ2v) is 3.78. The van der Waals surface area contributed by atoms with Gasteiger partial charge in [0.05, 0.1) is 23.9 Å². The maximum Gasteiger partial charge on any atom is 0.0954 e. The summed E-state index contributed by atoms with van der Waals surface area (Å²) in [5, 5.41) is 0. The number of aromatic nitrogens is 2. The van der Waals surface area contributed by atoms with Crippen molar-refractivity contribution in [2.75, 3.05) is 0 Å². The molecule has 2 aromatic rings.